The number of carbonyl (C=O) groups is 1. The molecule has 1 aliphatic carbocycles. The maximum atomic E-state index is 15.1. The zero-order valence-corrected chi connectivity index (χ0v) is 14.9. The molecule has 1 fully saturated rings. The summed E-state index contributed by atoms with van der Waals surface area (Å²) in [6, 6.07) is 7.26. The lowest BCUT2D eigenvalue weighted by atomic mass is 9.90. The van der Waals surface area contributed by atoms with E-state index in [2.05, 4.69) is 15.5 Å². The maximum Gasteiger partial charge on any atom is 0.412 e. The van der Waals surface area contributed by atoms with Crippen molar-refractivity contribution in [1.29, 1.82) is 0 Å². The highest BCUT2D eigenvalue weighted by atomic mass is 19.1. The van der Waals surface area contributed by atoms with Crippen LogP contribution in [0.4, 0.5) is 14.9 Å². The van der Waals surface area contributed by atoms with Gasteiger partial charge in [-0.3, -0.25) is 5.32 Å². The van der Waals surface area contributed by atoms with Gasteiger partial charge in [0.05, 0.1) is 0 Å². The Balaban J connectivity index is 1.80. The molecule has 1 N–H and O–H groups in total. The summed E-state index contributed by atoms with van der Waals surface area (Å²) in [5, 5.41) is 10.4. The predicted molar refractivity (Wildman–Crippen MR) is 92.1 cm³/mol. The molecular formula is C18H23FN4O2. The summed E-state index contributed by atoms with van der Waals surface area (Å²) in [6.07, 6.45) is 1.20. The Hall–Kier alpha value is -2.44. The molecule has 25 heavy (non-hydrogen) atoms. The Morgan fingerprint density at radius 2 is 2.12 bits per heavy atom. The van der Waals surface area contributed by atoms with Crippen LogP contribution in [0, 0.1) is 0 Å². The summed E-state index contributed by atoms with van der Waals surface area (Å²) in [5.41, 5.74) is 0.251. The van der Waals surface area contributed by atoms with Gasteiger partial charge in [-0.05, 0) is 51.3 Å². The largest absolute Gasteiger partial charge is 0.444 e. The second-order valence-electron chi connectivity index (χ2n) is 7.53. The number of carbonyl (C=O) groups excluding carboxylic acids is 1. The average Bonchev–Trinajstić information content (AvgIpc) is 3.21. The highest BCUT2D eigenvalue weighted by Crippen LogP contribution is 2.58. The van der Waals surface area contributed by atoms with E-state index in [1.54, 1.807) is 44.5 Å². The fraction of sp³-hybridized carbons (Fsp3) is 0.500. The normalized spacial score (nSPS) is 17.0. The van der Waals surface area contributed by atoms with E-state index in [0.29, 0.717) is 11.5 Å². The topological polar surface area (TPSA) is 69.0 Å². The van der Waals surface area contributed by atoms with Crippen molar-refractivity contribution in [3.8, 4) is 0 Å². The van der Waals surface area contributed by atoms with Crippen molar-refractivity contribution in [3.05, 3.63) is 42.0 Å². The minimum Gasteiger partial charge on any atom is -0.444 e. The number of halogens is 1. The molecule has 7 heteroatoms. The quantitative estimate of drug-likeness (QED) is 0.911. The molecule has 0 saturated heterocycles. The van der Waals surface area contributed by atoms with Crippen LogP contribution in [0.1, 0.15) is 51.2 Å². The van der Waals surface area contributed by atoms with Crippen molar-refractivity contribution in [2.24, 2.45) is 7.05 Å². The van der Waals surface area contributed by atoms with E-state index in [4.69, 9.17) is 4.74 Å². The van der Waals surface area contributed by atoms with E-state index in [0.717, 1.165) is 18.4 Å². The van der Waals surface area contributed by atoms with Crippen LogP contribution in [0.3, 0.4) is 0 Å². The number of rotatable bonds is 4. The second-order valence-corrected chi connectivity index (χ2v) is 7.53. The van der Waals surface area contributed by atoms with Crippen LogP contribution in [0.15, 0.2) is 30.6 Å². The summed E-state index contributed by atoms with van der Waals surface area (Å²) in [7, 11) is 1.73. The van der Waals surface area contributed by atoms with E-state index < -0.39 is 23.3 Å². The van der Waals surface area contributed by atoms with Gasteiger partial charge in [0.2, 0.25) is 0 Å². The fourth-order valence-corrected chi connectivity index (χ4v) is 2.92. The van der Waals surface area contributed by atoms with E-state index in [9.17, 15) is 4.79 Å². The predicted octanol–water partition coefficient (Wildman–Crippen LogP) is 3.90. The Labute approximate surface area is 146 Å². The number of benzene rings is 1. The van der Waals surface area contributed by atoms with Gasteiger partial charge in [0.15, 0.2) is 12.0 Å². The summed E-state index contributed by atoms with van der Waals surface area (Å²) < 4.78 is 22.0. The summed E-state index contributed by atoms with van der Waals surface area (Å²) >= 11 is 0. The highest BCUT2D eigenvalue weighted by molar-refractivity contribution is 5.85. The minimum atomic E-state index is -1.24. The molecule has 0 aliphatic heterocycles. The zero-order chi connectivity index (χ0) is 18.2. The molecule has 1 aromatic carbocycles. The molecule has 1 heterocycles. The number of anilines is 1. The standard InChI is InChI=1S/C18H23FN4O2/c1-17(2,3)25-16(24)21-13-7-5-6-12(10-13)18(8-9-18)14(19)15-22-20-11-23(15)4/h5-7,10-11,14H,8-9H2,1-4H3,(H,21,24). The van der Waals surface area contributed by atoms with E-state index in [1.165, 1.54) is 6.33 Å². The molecular weight excluding hydrogens is 323 g/mol. The van der Waals surface area contributed by atoms with Gasteiger partial charge >= 0.3 is 6.09 Å². The van der Waals surface area contributed by atoms with Gasteiger partial charge < -0.3 is 9.30 Å². The van der Waals surface area contributed by atoms with Gasteiger partial charge in [0.25, 0.3) is 0 Å². The number of ether oxygens (including phenoxy) is 1. The van der Waals surface area contributed by atoms with Crippen LogP contribution in [0.2, 0.25) is 0 Å². The smallest absolute Gasteiger partial charge is 0.412 e. The highest BCUT2D eigenvalue weighted by Gasteiger charge is 2.53. The first-order valence-electron chi connectivity index (χ1n) is 8.30. The van der Waals surface area contributed by atoms with E-state index in [1.807, 2.05) is 12.1 Å². The zero-order valence-electron chi connectivity index (χ0n) is 14.9. The number of aryl methyl sites for hydroxylation is 1. The average molecular weight is 346 g/mol. The number of aromatic nitrogens is 3. The summed E-state index contributed by atoms with van der Waals surface area (Å²) in [6.45, 7) is 5.41. The van der Waals surface area contributed by atoms with Gasteiger partial charge in [-0.25, -0.2) is 9.18 Å². The number of nitrogens with zero attached hydrogens (tertiary/aromatic N) is 3. The van der Waals surface area contributed by atoms with Crippen LogP contribution in [0.5, 0.6) is 0 Å². The van der Waals surface area contributed by atoms with Gasteiger partial charge in [0.1, 0.15) is 11.9 Å². The van der Waals surface area contributed by atoms with Crippen LogP contribution in [0.25, 0.3) is 0 Å². The van der Waals surface area contributed by atoms with Gasteiger partial charge in [-0.2, -0.15) is 0 Å². The lowest BCUT2D eigenvalue weighted by Gasteiger charge is -2.22. The number of hydrogen-bond donors (Lipinski definition) is 1. The van der Waals surface area contributed by atoms with Crippen molar-refractivity contribution in [3.63, 3.8) is 0 Å². The molecule has 2 aromatic rings. The molecule has 0 bridgehead atoms. The van der Waals surface area contributed by atoms with Crippen molar-refractivity contribution >= 4 is 11.8 Å². The SMILES string of the molecule is Cn1cnnc1C(F)C1(c2cccc(NC(=O)OC(C)(C)C)c2)CC1. The number of hydrogen-bond acceptors (Lipinski definition) is 4. The fourth-order valence-electron chi connectivity index (χ4n) is 2.92. The van der Waals surface area contributed by atoms with Crippen LogP contribution in [-0.2, 0) is 17.2 Å². The molecule has 1 aliphatic rings. The van der Waals surface area contributed by atoms with E-state index in [-0.39, 0.29) is 0 Å². The summed E-state index contributed by atoms with van der Waals surface area (Å²) in [5.74, 6) is 0.322. The van der Waals surface area contributed by atoms with Crippen molar-refractivity contribution < 1.29 is 13.9 Å². The first-order chi connectivity index (χ1) is 11.7. The Morgan fingerprint density at radius 1 is 1.40 bits per heavy atom. The second kappa shape index (κ2) is 6.13. The first-order valence-corrected chi connectivity index (χ1v) is 8.30. The molecule has 1 atom stereocenters. The maximum absolute atomic E-state index is 15.1. The van der Waals surface area contributed by atoms with Crippen LogP contribution < -0.4 is 5.32 Å². The number of nitrogens with one attached hydrogen (secondary N) is 1. The van der Waals surface area contributed by atoms with Crippen molar-refractivity contribution in [1.82, 2.24) is 14.8 Å². The third kappa shape index (κ3) is 3.65. The molecule has 1 amide bonds. The Bertz CT molecular complexity index is 777. The summed E-state index contributed by atoms with van der Waals surface area (Å²) in [4.78, 5) is 11.9. The number of alkyl halides is 1. The molecule has 6 nitrogen and oxygen atoms in total. The van der Waals surface area contributed by atoms with Gasteiger partial charge in [-0.15, -0.1) is 10.2 Å². The Morgan fingerprint density at radius 3 is 2.68 bits per heavy atom. The first kappa shape index (κ1) is 17.4. The van der Waals surface area contributed by atoms with Crippen LogP contribution in [-0.4, -0.2) is 26.5 Å². The molecule has 0 spiro atoms. The molecule has 0 radical (unpaired) electrons. The lowest BCUT2D eigenvalue weighted by Crippen LogP contribution is -2.27. The molecule has 1 saturated carbocycles. The third-order valence-electron chi connectivity index (χ3n) is 4.33. The van der Waals surface area contributed by atoms with Gasteiger partial charge in [0, 0.05) is 18.2 Å². The van der Waals surface area contributed by atoms with Crippen molar-refractivity contribution in [2.45, 2.75) is 50.8 Å². The van der Waals surface area contributed by atoms with Gasteiger partial charge in [-0.1, -0.05) is 12.1 Å². The number of amides is 1. The molecule has 1 unspecified atom stereocenters. The monoisotopic (exact) mass is 346 g/mol. The van der Waals surface area contributed by atoms with E-state index >= 15 is 4.39 Å². The molecule has 1 aromatic heterocycles. The molecule has 3 rings (SSSR count). The lowest BCUT2D eigenvalue weighted by molar-refractivity contribution is 0.0636. The molecule has 134 valence electrons. The third-order valence-corrected chi connectivity index (χ3v) is 4.33. The van der Waals surface area contributed by atoms with Crippen LogP contribution >= 0.6 is 0 Å². The van der Waals surface area contributed by atoms with Crippen molar-refractivity contribution in [2.75, 3.05) is 5.32 Å². The minimum absolute atomic E-state index is 0.322. The Kier molecular flexibility index (Phi) is 4.26.